The van der Waals surface area contributed by atoms with Crippen LogP contribution in [-0.2, 0) is 11.8 Å². The van der Waals surface area contributed by atoms with Crippen molar-refractivity contribution in [2.24, 2.45) is 0 Å². The van der Waals surface area contributed by atoms with Gasteiger partial charge in [0, 0.05) is 18.2 Å². The fourth-order valence-corrected chi connectivity index (χ4v) is 4.48. The van der Waals surface area contributed by atoms with Gasteiger partial charge in [-0.15, -0.1) is 10.2 Å². The molecule has 2 N–H and O–H groups in total. The maximum atomic E-state index is 14.4. The zero-order chi connectivity index (χ0) is 22.7. The molecule has 1 aromatic carbocycles. The summed E-state index contributed by atoms with van der Waals surface area (Å²) in [5.41, 5.74) is 1.15. The maximum absolute atomic E-state index is 14.4. The van der Waals surface area contributed by atoms with Crippen LogP contribution in [0.4, 0.5) is 16.0 Å². The summed E-state index contributed by atoms with van der Waals surface area (Å²) in [5, 5.41) is 18.2. The van der Waals surface area contributed by atoms with Gasteiger partial charge in [0.2, 0.25) is 12.3 Å². The number of hydrogen-bond acceptors (Lipinski definition) is 7. The molecule has 3 aromatic heterocycles. The lowest BCUT2D eigenvalue weighted by Crippen LogP contribution is -2.38. The van der Waals surface area contributed by atoms with Gasteiger partial charge in [0.25, 0.3) is 0 Å². The van der Waals surface area contributed by atoms with Crippen molar-refractivity contribution in [3.8, 4) is 5.75 Å². The number of H-pyrrole nitrogens is 1. The smallest absolute Gasteiger partial charge is 0.222 e. The molecule has 0 radical (unpaired) electrons. The van der Waals surface area contributed by atoms with Crippen LogP contribution in [0, 0.1) is 12.7 Å². The second-order valence-electron chi connectivity index (χ2n) is 8.51. The first-order chi connectivity index (χ1) is 16.1. The highest BCUT2D eigenvalue weighted by Gasteiger charge is 2.42. The molecule has 3 heterocycles. The lowest BCUT2D eigenvalue weighted by molar-refractivity contribution is 0.0994. The fourth-order valence-electron chi connectivity index (χ4n) is 4.48. The molecular weight excluding hydrogens is 423 g/mol. The first-order valence-electron chi connectivity index (χ1n) is 11.0. The number of nitrogens with one attached hydrogen (secondary N) is 2. The van der Waals surface area contributed by atoms with E-state index < -0.39 is 0 Å². The number of nitrogens with zero attached hydrogens (tertiary/aromatic N) is 4. The molecule has 0 spiro atoms. The highest BCUT2D eigenvalue weighted by atomic mass is 19.1. The molecule has 0 unspecified atom stereocenters. The van der Waals surface area contributed by atoms with Crippen molar-refractivity contribution in [2.75, 3.05) is 5.32 Å². The number of pyridine rings is 1. The van der Waals surface area contributed by atoms with Gasteiger partial charge in [-0.25, -0.2) is 9.37 Å². The van der Waals surface area contributed by atoms with Gasteiger partial charge in [-0.1, -0.05) is 18.2 Å². The first kappa shape index (κ1) is 21.1. The summed E-state index contributed by atoms with van der Waals surface area (Å²) in [7, 11) is 0. The van der Waals surface area contributed by atoms with Crippen LogP contribution in [0.25, 0.3) is 0 Å². The molecule has 5 rings (SSSR count). The van der Waals surface area contributed by atoms with E-state index in [1.165, 1.54) is 6.39 Å². The molecule has 4 aromatic rings. The van der Waals surface area contributed by atoms with E-state index in [2.05, 4.69) is 25.7 Å². The van der Waals surface area contributed by atoms with Gasteiger partial charge in [0.15, 0.2) is 11.6 Å². The van der Waals surface area contributed by atoms with E-state index in [0.29, 0.717) is 23.6 Å². The summed E-state index contributed by atoms with van der Waals surface area (Å²) in [4.78, 5) is 4.78. The van der Waals surface area contributed by atoms with Crippen molar-refractivity contribution < 1.29 is 13.5 Å². The van der Waals surface area contributed by atoms with Crippen molar-refractivity contribution in [2.45, 2.75) is 50.5 Å². The van der Waals surface area contributed by atoms with E-state index in [1.807, 2.05) is 30.3 Å². The van der Waals surface area contributed by atoms with Gasteiger partial charge >= 0.3 is 0 Å². The second-order valence-corrected chi connectivity index (χ2v) is 8.51. The number of halogens is 1. The van der Waals surface area contributed by atoms with E-state index in [1.54, 1.807) is 25.3 Å². The zero-order valence-electron chi connectivity index (χ0n) is 18.3. The number of aromatic nitrogens is 5. The average Bonchev–Trinajstić information content (AvgIpc) is 3.54. The largest absolute Gasteiger partial charge is 0.487 e. The monoisotopic (exact) mass is 448 g/mol. The van der Waals surface area contributed by atoms with Gasteiger partial charge in [-0.05, 0) is 56.4 Å². The van der Waals surface area contributed by atoms with Crippen LogP contribution in [0.1, 0.15) is 42.8 Å². The minimum Gasteiger partial charge on any atom is -0.487 e. The van der Waals surface area contributed by atoms with Gasteiger partial charge in [0.05, 0.1) is 17.7 Å². The number of anilines is 2. The molecule has 0 amide bonds. The first-order valence-corrected chi connectivity index (χ1v) is 11.0. The molecular formula is C24H25FN6O2. The van der Waals surface area contributed by atoms with Crippen LogP contribution < -0.4 is 10.1 Å². The minimum absolute atomic E-state index is 0.0707. The Labute approximate surface area is 190 Å². The SMILES string of the molecule is Cc1cccc(OC2CCC(Cc3cccc(Nc4ccn[nH]4)n3)(c3nnco3)CC2)c1F. The molecule has 8 nitrogen and oxygen atoms in total. The third-order valence-electron chi connectivity index (χ3n) is 6.24. The van der Waals surface area contributed by atoms with E-state index in [4.69, 9.17) is 14.1 Å². The van der Waals surface area contributed by atoms with Crippen LogP contribution in [-0.4, -0.2) is 31.5 Å². The Hall–Kier alpha value is -3.75. The van der Waals surface area contributed by atoms with E-state index in [0.717, 1.165) is 43.0 Å². The highest BCUT2D eigenvalue weighted by molar-refractivity contribution is 5.50. The standard InChI is InChI=1S/C24H25FN6O2/c1-16-4-2-6-19(22(16)25)33-18-8-11-24(12-9-18,23-31-27-15-32-23)14-17-5-3-7-20(28-17)29-21-10-13-26-30-21/h2-7,10,13,15,18H,8-9,11-12,14H2,1H3,(H2,26,28,29,30). The zero-order valence-corrected chi connectivity index (χ0v) is 18.3. The van der Waals surface area contributed by atoms with Crippen LogP contribution in [0.3, 0.4) is 0 Å². The molecule has 0 atom stereocenters. The van der Waals surface area contributed by atoms with Crippen molar-refractivity contribution in [3.63, 3.8) is 0 Å². The van der Waals surface area contributed by atoms with Crippen molar-refractivity contribution >= 4 is 11.6 Å². The Morgan fingerprint density at radius 2 is 2.03 bits per heavy atom. The lowest BCUT2D eigenvalue weighted by Gasteiger charge is -2.37. The number of aryl methyl sites for hydroxylation is 1. The molecule has 1 saturated carbocycles. The van der Waals surface area contributed by atoms with Crippen LogP contribution in [0.15, 0.2) is 59.5 Å². The maximum Gasteiger partial charge on any atom is 0.222 e. The minimum atomic E-state index is -0.346. The Morgan fingerprint density at radius 3 is 2.79 bits per heavy atom. The van der Waals surface area contributed by atoms with Crippen LogP contribution in [0.2, 0.25) is 0 Å². The molecule has 1 aliphatic rings. The van der Waals surface area contributed by atoms with Gasteiger partial charge in [-0.2, -0.15) is 5.10 Å². The van der Waals surface area contributed by atoms with Crippen LogP contribution >= 0.6 is 0 Å². The predicted molar refractivity (Wildman–Crippen MR) is 120 cm³/mol. The lowest BCUT2D eigenvalue weighted by atomic mass is 9.70. The number of hydrogen-bond donors (Lipinski definition) is 2. The van der Waals surface area contributed by atoms with Crippen LogP contribution in [0.5, 0.6) is 5.75 Å². The Bertz CT molecular complexity index is 1190. The van der Waals surface area contributed by atoms with E-state index in [-0.39, 0.29) is 17.3 Å². The summed E-state index contributed by atoms with van der Waals surface area (Å²) in [6.07, 6.45) is 6.67. The summed E-state index contributed by atoms with van der Waals surface area (Å²) < 4.78 is 26.1. The normalized spacial score (nSPS) is 20.5. The molecule has 1 fully saturated rings. The van der Waals surface area contributed by atoms with Gasteiger partial charge in [-0.3, -0.25) is 5.10 Å². The van der Waals surface area contributed by atoms with Crippen molar-refractivity contribution in [3.05, 3.63) is 78.0 Å². The summed E-state index contributed by atoms with van der Waals surface area (Å²) in [6, 6.07) is 13.0. The predicted octanol–water partition coefficient (Wildman–Crippen LogP) is 4.88. The molecule has 0 bridgehead atoms. The highest BCUT2D eigenvalue weighted by Crippen LogP contribution is 2.42. The molecule has 0 saturated heterocycles. The molecule has 33 heavy (non-hydrogen) atoms. The Balaban J connectivity index is 1.32. The second kappa shape index (κ2) is 9.01. The molecule has 170 valence electrons. The van der Waals surface area contributed by atoms with Gasteiger partial charge in [0.1, 0.15) is 11.6 Å². The Kier molecular flexibility index (Phi) is 5.77. The fraction of sp³-hybridized carbons (Fsp3) is 0.333. The molecule has 0 aliphatic heterocycles. The third-order valence-corrected chi connectivity index (χ3v) is 6.24. The average molecular weight is 449 g/mol. The number of aromatic amines is 1. The summed E-state index contributed by atoms with van der Waals surface area (Å²) >= 11 is 0. The van der Waals surface area contributed by atoms with Crippen molar-refractivity contribution in [1.29, 1.82) is 0 Å². The van der Waals surface area contributed by atoms with Gasteiger partial charge < -0.3 is 14.5 Å². The molecule has 1 aliphatic carbocycles. The van der Waals surface area contributed by atoms with E-state index in [9.17, 15) is 4.39 Å². The summed E-state index contributed by atoms with van der Waals surface area (Å²) in [6.45, 7) is 1.74. The number of rotatable bonds is 7. The third kappa shape index (κ3) is 4.57. The Morgan fingerprint density at radius 1 is 1.18 bits per heavy atom. The van der Waals surface area contributed by atoms with E-state index >= 15 is 0 Å². The topological polar surface area (TPSA) is 102 Å². The number of benzene rings is 1. The number of ether oxygens (including phenoxy) is 1. The van der Waals surface area contributed by atoms with Crippen molar-refractivity contribution in [1.82, 2.24) is 25.4 Å². The molecule has 9 heteroatoms. The quantitative estimate of drug-likeness (QED) is 0.415. The summed E-state index contributed by atoms with van der Waals surface area (Å²) in [5.74, 6) is 2.12.